The lowest BCUT2D eigenvalue weighted by Gasteiger charge is -2.27. The fourth-order valence-electron chi connectivity index (χ4n) is 3.13. The first-order valence-electron chi connectivity index (χ1n) is 9.65. The van der Waals surface area contributed by atoms with Gasteiger partial charge in [-0.2, -0.15) is 5.26 Å². The smallest absolute Gasteiger partial charge is 0.322 e. The van der Waals surface area contributed by atoms with Gasteiger partial charge >= 0.3 is 6.03 Å². The number of aliphatic hydroxyl groups excluding tert-OH is 1. The number of benzene rings is 3. The van der Waals surface area contributed by atoms with E-state index in [0.29, 0.717) is 21.3 Å². The number of rotatable bonds is 7. The summed E-state index contributed by atoms with van der Waals surface area (Å²) in [6.07, 6.45) is -1.03. The number of carbonyl (C=O) groups excluding carboxylic acids is 1. The van der Waals surface area contributed by atoms with Gasteiger partial charge in [-0.3, -0.25) is 0 Å². The monoisotopic (exact) mass is 453 g/mol. The predicted molar refractivity (Wildman–Crippen MR) is 123 cm³/mol. The van der Waals surface area contributed by atoms with Crippen molar-refractivity contribution >= 4 is 34.9 Å². The predicted octanol–water partition coefficient (Wildman–Crippen LogP) is 5.90. The molecule has 2 atom stereocenters. The lowest BCUT2D eigenvalue weighted by molar-refractivity contribution is 0.112. The summed E-state index contributed by atoms with van der Waals surface area (Å²) in [5, 5.41) is 23.9. The number of aliphatic hydroxyl groups is 1. The van der Waals surface area contributed by atoms with E-state index in [9.17, 15) is 15.2 Å². The lowest BCUT2D eigenvalue weighted by Crippen LogP contribution is -2.39. The van der Waals surface area contributed by atoms with Crippen LogP contribution >= 0.6 is 23.2 Å². The molecule has 5 nitrogen and oxygen atoms in total. The van der Waals surface area contributed by atoms with Crippen LogP contribution in [0.4, 0.5) is 10.5 Å². The highest BCUT2D eigenvalue weighted by molar-refractivity contribution is 6.42. The molecule has 0 radical (unpaired) electrons. The Morgan fingerprint density at radius 1 is 1.00 bits per heavy atom. The Balaban J connectivity index is 1.81. The zero-order valence-electron chi connectivity index (χ0n) is 16.6. The summed E-state index contributed by atoms with van der Waals surface area (Å²) in [6, 6.07) is 24.9. The van der Waals surface area contributed by atoms with Gasteiger partial charge in [0.25, 0.3) is 0 Å². The molecule has 3 aromatic carbocycles. The number of nitrogens with zero attached hydrogens (tertiary/aromatic N) is 2. The van der Waals surface area contributed by atoms with Crippen molar-refractivity contribution in [3.63, 3.8) is 0 Å². The molecule has 0 fully saturated rings. The Morgan fingerprint density at radius 3 is 2.26 bits per heavy atom. The molecule has 2 unspecified atom stereocenters. The number of amides is 2. The second-order valence-electron chi connectivity index (χ2n) is 7.02. The van der Waals surface area contributed by atoms with E-state index in [1.165, 1.54) is 4.90 Å². The van der Waals surface area contributed by atoms with Crippen LogP contribution in [0.15, 0.2) is 78.9 Å². The molecule has 158 valence electrons. The average Bonchev–Trinajstić information content (AvgIpc) is 2.80. The fourth-order valence-corrected chi connectivity index (χ4v) is 3.43. The van der Waals surface area contributed by atoms with Crippen molar-refractivity contribution in [3.8, 4) is 6.07 Å². The third-order valence-electron chi connectivity index (χ3n) is 4.78. The molecule has 2 amide bonds. The number of nitriles is 1. The van der Waals surface area contributed by atoms with Crippen LogP contribution in [-0.4, -0.2) is 22.6 Å². The summed E-state index contributed by atoms with van der Waals surface area (Å²) in [4.78, 5) is 14.6. The van der Waals surface area contributed by atoms with Crippen LogP contribution in [0.1, 0.15) is 17.2 Å². The molecule has 0 aliphatic rings. The highest BCUT2D eigenvalue weighted by Gasteiger charge is 2.26. The van der Waals surface area contributed by atoms with E-state index in [-0.39, 0.29) is 13.1 Å². The minimum atomic E-state index is -1.03. The van der Waals surface area contributed by atoms with Gasteiger partial charge in [0.15, 0.2) is 0 Å². The van der Waals surface area contributed by atoms with Crippen molar-refractivity contribution < 1.29 is 9.90 Å². The number of hydrogen-bond acceptors (Lipinski definition) is 3. The number of anilines is 1. The van der Waals surface area contributed by atoms with Gasteiger partial charge in [0.05, 0.1) is 28.1 Å². The number of hydrogen-bond donors (Lipinski definition) is 2. The summed E-state index contributed by atoms with van der Waals surface area (Å²) in [6.45, 7) is 0.308. The van der Waals surface area contributed by atoms with Gasteiger partial charge in [0.1, 0.15) is 0 Å². The Kier molecular flexibility index (Phi) is 7.91. The number of halogens is 2. The van der Waals surface area contributed by atoms with Crippen molar-refractivity contribution in [2.24, 2.45) is 5.92 Å². The molecule has 0 saturated carbocycles. The van der Waals surface area contributed by atoms with Crippen molar-refractivity contribution in [2.45, 2.75) is 12.6 Å². The fraction of sp³-hybridized carbons (Fsp3) is 0.167. The SMILES string of the molecule is N#CC(CN(Cc1ccccc1)C(=O)Nc1ccc(Cl)c(Cl)c1)C(O)c1ccccc1. The molecule has 0 bridgehead atoms. The Hall–Kier alpha value is -3.04. The number of nitrogens with one attached hydrogen (secondary N) is 1. The molecule has 0 aliphatic heterocycles. The first-order chi connectivity index (χ1) is 15.0. The van der Waals surface area contributed by atoms with Gasteiger partial charge in [-0.05, 0) is 29.3 Å². The Labute approximate surface area is 191 Å². The maximum absolute atomic E-state index is 13.1. The van der Waals surface area contributed by atoms with Gasteiger partial charge < -0.3 is 15.3 Å². The second kappa shape index (κ2) is 10.8. The van der Waals surface area contributed by atoms with E-state index in [2.05, 4.69) is 11.4 Å². The van der Waals surface area contributed by atoms with Crippen LogP contribution in [0.25, 0.3) is 0 Å². The van der Waals surface area contributed by atoms with Crippen LogP contribution in [-0.2, 0) is 6.54 Å². The van der Waals surface area contributed by atoms with E-state index >= 15 is 0 Å². The van der Waals surface area contributed by atoms with Gasteiger partial charge in [0.2, 0.25) is 0 Å². The Bertz CT molecular complexity index is 1060. The highest BCUT2D eigenvalue weighted by atomic mass is 35.5. The van der Waals surface area contributed by atoms with E-state index in [1.807, 2.05) is 36.4 Å². The summed E-state index contributed by atoms with van der Waals surface area (Å²) < 4.78 is 0. The summed E-state index contributed by atoms with van der Waals surface area (Å²) in [5.41, 5.74) is 2.01. The van der Waals surface area contributed by atoms with Crippen molar-refractivity contribution in [2.75, 3.05) is 11.9 Å². The minimum Gasteiger partial charge on any atom is -0.387 e. The van der Waals surface area contributed by atoms with Crippen LogP contribution in [0.2, 0.25) is 10.0 Å². The second-order valence-corrected chi connectivity index (χ2v) is 7.83. The topological polar surface area (TPSA) is 76.4 Å². The average molecular weight is 454 g/mol. The number of urea groups is 1. The van der Waals surface area contributed by atoms with Crippen molar-refractivity contribution in [1.82, 2.24) is 4.90 Å². The quantitative estimate of drug-likeness (QED) is 0.467. The number of carbonyl (C=O) groups is 1. The van der Waals surface area contributed by atoms with Crippen LogP contribution in [0.5, 0.6) is 0 Å². The van der Waals surface area contributed by atoms with Crippen molar-refractivity contribution in [1.29, 1.82) is 5.26 Å². The molecule has 0 aliphatic carbocycles. The maximum Gasteiger partial charge on any atom is 0.322 e. The van der Waals surface area contributed by atoms with Gasteiger partial charge in [0, 0.05) is 18.8 Å². The molecule has 0 saturated heterocycles. The summed E-state index contributed by atoms with van der Waals surface area (Å²) >= 11 is 12.0. The third-order valence-corrected chi connectivity index (χ3v) is 5.52. The first-order valence-corrected chi connectivity index (χ1v) is 10.4. The summed E-state index contributed by atoms with van der Waals surface area (Å²) in [5.74, 6) is -0.814. The molecule has 31 heavy (non-hydrogen) atoms. The van der Waals surface area contributed by atoms with Gasteiger partial charge in [-0.1, -0.05) is 83.9 Å². The van der Waals surface area contributed by atoms with Crippen LogP contribution in [0.3, 0.4) is 0 Å². The van der Waals surface area contributed by atoms with E-state index in [1.54, 1.807) is 42.5 Å². The van der Waals surface area contributed by atoms with E-state index < -0.39 is 18.1 Å². The molecule has 0 aromatic heterocycles. The standard InChI is InChI=1S/C24H21Cl2N3O2/c25-21-12-11-20(13-22(21)26)28-24(31)29(15-17-7-3-1-4-8-17)16-19(14-27)23(30)18-9-5-2-6-10-18/h1-13,19,23,30H,15-16H2,(H,28,31). The molecule has 3 rings (SSSR count). The van der Waals surface area contributed by atoms with Crippen LogP contribution < -0.4 is 5.32 Å². The first kappa shape index (κ1) is 22.6. The maximum atomic E-state index is 13.1. The third kappa shape index (κ3) is 6.22. The highest BCUT2D eigenvalue weighted by Crippen LogP contribution is 2.26. The molecular formula is C24H21Cl2N3O2. The largest absolute Gasteiger partial charge is 0.387 e. The molecule has 2 N–H and O–H groups in total. The zero-order chi connectivity index (χ0) is 22.2. The Morgan fingerprint density at radius 2 is 1.65 bits per heavy atom. The molecule has 7 heteroatoms. The van der Waals surface area contributed by atoms with E-state index in [4.69, 9.17) is 23.2 Å². The summed E-state index contributed by atoms with van der Waals surface area (Å²) in [7, 11) is 0. The van der Waals surface area contributed by atoms with Gasteiger partial charge in [-0.25, -0.2) is 4.79 Å². The molecular weight excluding hydrogens is 433 g/mol. The van der Waals surface area contributed by atoms with Crippen LogP contribution in [0, 0.1) is 17.2 Å². The minimum absolute atomic E-state index is 0.0363. The lowest BCUT2D eigenvalue weighted by atomic mass is 9.96. The zero-order valence-corrected chi connectivity index (χ0v) is 18.1. The molecule has 0 heterocycles. The molecule has 0 spiro atoms. The van der Waals surface area contributed by atoms with Gasteiger partial charge in [-0.15, -0.1) is 0 Å². The van der Waals surface area contributed by atoms with E-state index in [0.717, 1.165) is 5.56 Å². The normalized spacial score (nSPS) is 12.5. The molecule has 3 aromatic rings. The van der Waals surface area contributed by atoms with Crippen molar-refractivity contribution in [3.05, 3.63) is 100 Å².